The number of aliphatic hydroxyl groups is 3. The van der Waals surface area contributed by atoms with E-state index in [2.05, 4.69) is 64.6 Å². The third-order valence-electron chi connectivity index (χ3n) is 7.21. The molecule has 2 aliphatic heterocycles. The molecule has 0 aliphatic carbocycles. The molecule has 0 aromatic carbocycles. The molecular weight excluding hydrogens is 573 g/mol. The first-order valence-electron chi connectivity index (χ1n) is 15.1. The zero-order chi connectivity index (χ0) is 30.9. The Kier molecular flexibility index (Phi) is 18.6. The number of thioether (sulfide) groups is 2. The van der Waals surface area contributed by atoms with Gasteiger partial charge in [0.25, 0.3) is 0 Å². The Morgan fingerprint density at radius 3 is 2.62 bits per heavy atom. The molecule has 0 radical (unpaired) electrons. The fourth-order valence-electron chi connectivity index (χ4n) is 4.71. The first kappa shape index (κ1) is 37.3. The minimum atomic E-state index is -1.03. The average Bonchev–Trinajstić information content (AvgIpc) is 3.33. The maximum atomic E-state index is 10.8. The number of hydrogen-bond acceptors (Lipinski definition) is 12. The fraction of sp³-hybridized carbons (Fsp3) is 0.733. The summed E-state index contributed by atoms with van der Waals surface area (Å²) >= 11 is 3.51. The van der Waals surface area contributed by atoms with E-state index in [9.17, 15) is 15.3 Å². The summed E-state index contributed by atoms with van der Waals surface area (Å²) in [5, 5.41) is 47.1. The molecule has 2 heterocycles. The maximum Gasteiger partial charge on any atom is 0.214 e. The van der Waals surface area contributed by atoms with Gasteiger partial charge in [-0.1, -0.05) is 44.2 Å². The summed E-state index contributed by atoms with van der Waals surface area (Å²) in [5.41, 5.74) is 1.17. The molecule has 0 spiro atoms. The van der Waals surface area contributed by atoms with Gasteiger partial charge in [-0.25, -0.2) is 0 Å². The van der Waals surface area contributed by atoms with E-state index in [-0.39, 0.29) is 18.6 Å². The molecule has 12 heteroatoms. The molecule has 42 heavy (non-hydrogen) atoms. The highest BCUT2D eigenvalue weighted by Crippen LogP contribution is 2.34. The topological polar surface area (TPSA) is 125 Å². The fourth-order valence-corrected chi connectivity index (χ4v) is 6.64. The highest BCUT2D eigenvalue weighted by atomic mass is 32.2. The molecule has 0 saturated heterocycles. The minimum Gasteiger partial charge on any atom is -0.377 e. The van der Waals surface area contributed by atoms with Gasteiger partial charge in [0, 0.05) is 55.2 Å². The van der Waals surface area contributed by atoms with E-state index >= 15 is 0 Å². The van der Waals surface area contributed by atoms with Gasteiger partial charge in [-0.2, -0.15) is 0 Å². The van der Waals surface area contributed by atoms with Crippen molar-refractivity contribution < 1.29 is 20.1 Å². The lowest BCUT2D eigenvalue weighted by molar-refractivity contribution is -0.117. The van der Waals surface area contributed by atoms with E-state index in [0.717, 1.165) is 43.0 Å². The van der Waals surface area contributed by atoms with Gasteiger partial charge in [-0.05, 0) is 57.9 Å². The quantitative estimate of drug-likeness (QED) is 0.0747. The van der Waals surface area contributed by atoms with Crippen molar-refractivity contribution in [3.63, 3.8) is 0 Å². The zero-order valence-electron chi connectivity index (χ0n) is 26.3. The number of likely N-dealkylation sites (N-methyl/N-ethyl adjacent to an activating group) is 2. The molecule has 6 unspecified atom stereocenters. The van der Waals surface area contributed by atoms with Crippen LogP contribution >= 0.6 is 23.5 Å². The minimum absolute atomic E-state index is 0.0275. The van der Waals surface area contributed by atoms with E-state index in [1.807, 2.05) is 55.8 Å². The van der Waals surface area contributed by atoms with Crippen LogP contribution in [0.2, 0.25) is 0 Å². The van der Waals surface area contributed by atoms with Crippen LogP contribution in [-0.4, -0.2) is 108 Å². The molecule has 7 N–H and O–H groups in total. The summed E-state index contributed by atoms with van der Waals surface area (Å²) in [4.78, 5) is 5.23. The maximum absolute atomic E-state index is 10.8. The van der Waals surface area contributed by atoms with Crippen LogP contribution in [0.3, 0.4) is 0 Å². The summed E-state index contributed by atoms with van der Waals surface area (Å²) in [6, 6.07) is 0.0903. The molecule has 0 aromatic heterocycles. The van der Waals surface area contributed by atoms with Gasteiger partial charge >= 0.3 is 0 Å². The van der Waals surface area contributed by atoms with Gasteiger partial charge in [-0.15, -0.1) is 23.5 Å². The van der Waals surface area contributed by atoms with Crippen molar-refractivity contribution in [2.24, 2.45) is 5.92 Å². The van der Waals surface area contributed by atoms with E-state index in [4.69, 9.17) is 4.74 Å². The zero-order valence-corrected chi connectivity index (χ0v) is 28.0. The Bertz CT molecular complexity index is 875. The normalized spacial score (nSPS) is 21.8. The lowest BCUT2D eigenvalue weighted by atomic mass is 10.0. The van der Waals surface area contributed by atoms with Crippen molar-refractivity contribution in [2.75, 3.05) is 46.2 Å². The van der Waals surface area contributed by atoms with E-state index in [0.29, 0.717) is 24.4 Å². The Balaban J connectivity index is 1.77. The molecule has 0 aromatic rings. The molecule has 242 valence electrons. The van der Waals surface area contributed by atoms with E-state index < -0.39 is 19.0 Å². The second-order valence-electron chi connectivity index (χ2n) is 11.3. The van der Waals surface area contributed by atoms with Crippen molar-refractivity contribution in [3.05, 3.63) is 46.4 Å². The third kappa shape index (κ3) is 14.7. The van der Waals surface area contributed by atoms with Crippen LogP contribution in [0.4, 0.5) is 0 Å². The summed E-state index contributed by atoms with van der Waals surface area (Å²) in [6.45, 7) is 10.5. The van der Waals surface area contributed by atoms with Gasteiger partial charge in [-0.3, -0.25) is 20.9 Å². The van der Waals surface area contributed by atoms with Crippen LogP contribution in [0, 0.1) is 5.92 Å². The highest BCUT2D eigenvalue weighted by molar-refractivity contribution is 8.03. The molecule has 0 amide bonds. The standard InChI is InChI=1S/C30H56N6O4S2/c1-7-8-9-10-11-12-24(14-13-23(4)33-30(39)40-19-26-15-16-31-21-42-26)34-27(37)17-32-29(38)35(5)18-25-20-41-28(22(2)3)36(25)6/h7-10,15,20,22-24,27-34,37-39H,11-14,16-19,21H2,1-6H3/b8-7-,10-9-. The van der Waals surface area contributed by atoms with Crippen LogP contribution in [0.15, 0.2) is 46.4 Å². The number of hydrogen-bond donors (Lipinski definition) is 7. The largest absolute Gasteiger partial charge is 0.377 e. The lowest BCUT2D eigenvalue weighted by Gasteiger charge is -2.31. The van der Waals surface area contributed by atoms with Gasteiger partial charge in [0.05, 0.1) is 12.0 Å². The number of aliphatic hydroxyl groups excluding tert-OH is 3. The smallest absolute Gasteiger partial charge is 0.214 e. The van der Waals surface area contributed by atoms with Crippen LogP contribution in [0.1, 0.15) is 53.4 Å². The number of nitrogens with one attached hydrogen (secondary N) is 4. The molecule has 10 nitrogen and oxygen atoms in total. The Morgan fingerprint density at radius 2 is 1.95 bits per heavy atom. The monoisotopic (exact) mass is 628 g/mol. The summed E-state index contributed by atoms with van der Waals surface area (Å²) < 4.78 is 5.58. The molecule has 0 fully saturated rings. The highest BCUT2D eigenvalue weighted by Gasteiger charge is 2.27. The number of ether oxygens (including phenoxy) is 1. The molecule has 6 atom stereocenters. The van der Waals surface area contributed by atoms with Gasteiger partial charge in [0.1, 0.15) is 6.23 Å². The summed E-state index contributed by atoms with van der Waals surface area (Å²) in [5.74, 6) is 1.39. The van der Waals surface area contributed by atoms with Gasteiger partial charge in [0.2, 0.25) is 6.41 Å². The van der Waals surface area contributed by atoms with Crippen molar-refractivity contribution in [3.8, 4) is 0 Å². The van der Waals surface area contributed by atoms with Gasteiger partial charge in [0.15, 0.2) is 6.35 Å². The van der Waals surface area contributed by atoms with Crippen LogP contribution in [-0.2, 0) is 4.74 Å². The van der Waals surface area contributed by atoms with Crippen LogP contribution < -0.4 is 21.3 Å². The van der Waals surface area contributed by atoms with Crippen molar-refractivity contribution in [1.82, 2.24) is 31.1 Å². The van der Waals surface area contributed by atoms with Gasteiger partial charge < -0.3 is 30.3 Å². The second kappa shape index (κ2) is 20.9. The van der Waals surface area contributed by atoms with Crippen molar-refractivity contribution in [2.45, 2.75) is 89.8 Å². The second-order valence-corrected chi connectivity index (χ2v) is 13.4. The first-order valence-corrected chi connectivity index (χ1v) is 17.0. The van der Waals surface area contributed by atoms with Crippen molar-refractivity contribution in [1.29, 1.82) is 0 Å². The first-order chi connectivity index (χ1) is 20.1. The Morgan fingerprint density at radius 1 is 1.17 bits per heavy atom. The van der Waals surface area contributed by atoms with Crippen LogP contribution in [0.25, 0.3) is 0 Å². The SMILES string of the molecule is C/C=C\C=C/CCC(CCC(C)NC(O)OCC1=CCNCS1)NC(O)CNC(O)N(C)CC1=CSC(C(C)C)N1C. The predicted molar refractivity (Wildman–Crippen MR) is 177 cm³/mol. The number of allylic oxidation sites excluding steroid dienone is 4. The molecule has 2 aliphatic rings. The lowest BCUT2D eigenvalue weighted by Crippen LogP contribution is -2.51. The predicted octanol–water partition coefficient (Wildman–Crippen LogP) is 2.70. The number of rotatable bonds is 21. The molecular formula is C30H56N6O4S2. The Labute approximate surface area is 262 Å². The summed E-state index contributed by atoms with van der Waals surface area (Å²) in [7, 11) is 3.97. The molecule has 0 bridgehead atoms. The Hall–Kier alpha value is -0.900. The molecule has 0 saturated carbocycles. The van der Waals surface area contributed by atoms with Crippen molar-refractivity contribution >= 4 is 23.5 Å². The van der Waals surface area contributed by atoms with Crippen LogP contribution in [0.5, 0.6) is 0 Å². The third-order valence-corrected chi connectivity index (χ3v) is 9.76. The molecule has 2 rings (SSSR count). The number of nitrogens with zero attached hydrogens (tertiary/aromatic N) is 2. The van der Waals surface area contributed by atoms with E-state index in [1.165, 1.54) is 5.70 Å². The summed E-state index contributed by atoms with van der Waals surface area (Å²) in [6.07, 6.45) is 10.8. The van der Waals surface area contributed by atoms with E-state index in [1.54, 1.807) is 11.8 Å². The average molecular weight is 629 g/mol.